The summed E-state index contributed by atoms with van der Waals surface area (Å²) in [5.41, 5.74) is 7.20. The Bertz CT molecular complexity index is 921. The number of hydrogen-bond donors (Lipinski definition) is 2. The van der Waals surface area contributed by atoms with Crippen molar-refractivity contribution in [2.45, 2.75) is 52.1 Å². The Morgan fingerprint density at radius 3 is 2.68 bits per heavy atom. The van der Waals surface area contributed by atoms with E-state index in [1.807, 2.05) is 24.3 Å². The Morgan fingerprint density at radius 2 is 2.03 bits per heavy atom. The van der Waals surface area contributed by atoms with Crippen molar-refractivity contribution >= 4 is 23.3 Å². The van der Waals surface area contributed by atoms with Crippen LogP contribution in [0.25, 0.3) is 0 Å². The quantitative estimate of drug-likeness (QED) is 0.740. The minimum Gasteiger partial charge on any atom is -0.481 e. The van der Waals surface area contributed by atoms with E-state index < -0.39 is 6.10 Å². The number of hydrogen-bond acceptors (Lipinski definition) is 5. The van der Waals surface area contributed by atoms with Crippen molar-refractivity contribution in [2.75, 3.05) is 23.3 Å². The molecule has 2 aromatic rings. The number of benzene rings is 1. The number of carbonyl (C=O) groups is 2. The Kier molecular flexibility index (Phi) is 6.83. The number of pyridine rings is 1. The van der Waals surface area contributed by atoms with E-state index in [-0.39, 0.29) is 23.1 Å². The van der Waals surface area contributed by atoms with Gasteiger partial charge in [-0.15, -0.1) is 0 Å². The first kappa shape index (κ1) is 22.6. The minimum absolute atomic E-state index is 0.00407. The smallest absolute Gasteiger partial charge is 0.265 e. The van der Waals surface area contributed by atoms with Gasteiger partial charge in [0.1, 0.15) is 11.6 Å². The fourth-order valence-corrected chi connectivity index (χ4v) is 3.60. The van der Waals surface area contributed by atoms with Crippen LogP contribution in [0.1, 0.15) is 46.1 Å². The topological polar surface area (TPSA) is 97.5 Å². The molecule has 0 bridgehead atoms. The molecule has 1 aliphatic rings. The van der Waals surface area contributed by atoms with E-state index in [0.717, 1.165) is 30.8 Å². The van der Waals surface area contributed by atoms with E-state index in [1.165, 1.54) is 0 Å². The van der Waals surface area contributed by atoms with Gasteiger partial charge in [0.05, 0.1) is 17.8 Å². The predicted molar refractivity (Wildman–Crippen MR) is 122 cm³/mol. The highest BCUT2D eigenvalue weighted by atomic mass is 16.5. The van der Waals surface area contributed by atoms with Gasteiger partial charge in [0.25, 0.3) is 5.91 Å². The summed E-state index contributed by atoms with van der Waals surface area (Å²) in [6.07, 6.45) is 2.68. The number of anilines is 2. The summed E-state index contributed by atoms with van der Waals surface area (Å²) in [6.45, 7) is 9.54. The lowest BCUT2D eigenvalue weighted by Crippen LogP contribution is -2.41. The van der Waals surface area contributed by atoms with E-state index in [9.17, 15) is 9.59 Å². The summed E-state index contributed by atoms with van der Waals surface area (Å²) < 4.78 is 5.85. The monoisotopic (exact) mass is 424 g/mol. The molecule has 1 aromatic carbocycles. The summed E-state index contributed by atoms with van der Waals surface area (Å²) in [5, 5.41) is 2.84. The van der Waals surface area contributed by atoms with Gasteiger partial charge in [-0.1, -0.05) is 32.9 Å². The second-order valence-corrected chi connectivity index (χ2v) is 9.12. The number of ether oxygens (including phenoxy) is 1. The lowest BCUT2D eigenvalue weighted by molar-refractivity contribution is -0.122. The zero-order chi connectivity index (χ0) is 22.6. The van der Waals surface area contributed by atoms with Crippen LogP contribution in [-0.4, -0.2) is 36.0 Å². The molecule has 0 saturated carbocycles. The van der Waals surface area contributed by atoms with Crippen molar-refractivity contribution in [3.05, 3.63) is 48.2 Å². The van der Waals surface area contributed by atoms with Crippen molar-refractivity contribution in [3.63, 3.8) is 0 Å². The van der Waals surface area contributed by atoms with Crippen LogP contribution in [-0.2, 0) is 15.0 Å². The number of amides is 2. The SMILES string of the molecule is CC(Oc1cccc(C(C)(C)C)c1)C(=O)Nc1ccc(N2CCCC(C(N)=O)C2)nc1. The van der Waals surface area contributed by atoms with Crippen LogP contribution >= 0.6 is 0 Å². The van der Waals surface area contributed by atoms with Crippen molar-refractivity contribution < 1.29 is 14.3 Å². The molecule has 2 heterocycles. The third kappa shape index (κ3) is 5.96. The van der Waals surface area contributed by atoms with Crippen LogP contribution in [0.3, 0.4) is 0 Å². The molecule has 0 radical (unpaired) electrons. The number of aromatic nitrogens is 1. The summed E-state index contributed by atoms with van der Waals surface area (Å²) >= 11 is 0. The number of nitrogens with zero attached hydrogens (tertiary/aromatic N) is 2. The maximum Gasteiger partial charge on any atom is 0.265 e. The predicted octanol–water partition coefficient (Wildman–Crippen LogP) is 3.49. The molecule has 2 atom stereocenters. The van der Waals surface area contributed by atoms with Gasteiger partial charge in [-0.25, -0.2) is 4.98 Å². The second kappa shape index (κ2) is 9.37. The number of carbonyl (C=O) groups excluding carboxylic acids is 2. The number of nitrogens with one attached hydrogen (secondary N) is 1. The van der Waals surface area contributed by atoms with Gasteiger partial charge < -0.3 is 20.7 Å². The van der Waals surface area contributed by atoms with Gasteiger partial charge in [0.2, 0.25) is 5.91 Å². The number of primary amides is 1. The van der Waals surface area contributed by atoms with Crippen molar-refractivity contribution in [1.82, 2.24) is 4.98 Å². The first-order valence-electron chi connectivity index (χ1n) is 10.7. The highest BCUT2D eigenvalue weighted by Gasteiger charge is 2.25. The molecular weight excluding hydrogens is 392 g/mol. The average molecular weight is 425 g/mol. The van der Waals surface area contributed by atoms with Crippen LogP contribution in [0.2, 0.25) is 0 Å². The summed E-state index contributed by atoms with van der Waals surface area (Å²) in [4.78, 5) is 30.6. The van der Waals surface area contributed by atoms with Gasteiger partial charge in [0.15, 0.2) is 6.10 Å². The molecule has 31 heavy (non-hydrogen) atoms. The summed E-state index contributed by atoms with van der Waals surface area (Å²) in [7, 11) is 0. The zero-order valence-electron chi connectivity index (χ0n) is 18.7. The Hall–Kier alpha value is -3.09. The molecule has 7 heteroatoms. The first-order valence-corrected chi connectivity index (χ1v) is 10.7. The van der Waals surface area contributed by atoms with E-state index >= 15 is 0 Å². The molecule has 7 nitrogen and oxygen atoms in total. The number of piperidine rings is 1. The van der Waals surface area contributed by atoms with Crippen molar-refractivity contribution in [2.24, 2.45) is 11.7 Å². The molecule has 2 amide bonds. The second-order valence-electron chi connectivity index (χ2n) is 9.12. The highest BCUT2D eigenvalue weighted by molar-refractivity contribution is 5.94. The third-order valence-electron chi connectivity index (χ3n) is 5.55. The lowest BCUT2D eigenvalue weighted by Gasteiger charge is -2.32. The zero-order valence-corrected chi connectivity index (χ0v) is 18.7. The third-order valence-corrected chi connectivity index (χ3v) is 5.55. The van der Waals surface area contributed by atoms with Crippen LogP contribution < -0.4 is 20.7 Å². The van der Waals surface area contributed by atoms with Crippen LogP contribution in [0, 0.1) is 5.92 Å². The van der Waals surface area contributed by atoms with Gasteiger partial charge in [-0.05, 0) is 55.0 Å². The maximum absolute atomic E-state index is 12.6. The Morgan fingerprint density at radius 1 is 1.26 bits per heavy atom. The van der Waals surface area contributed by atoms with Gasteiger partial charge in [-0.2, -0.15) is 0 Å². The average Bonchev–Trinajstić information content (AvgIpc) is 2.74. The van der Waals surface area contributed by atoms with E-state index in [4.69, 9.17) is 10.5 Å². The molecular formula is C24H32N4O3. The Labute approximate surface area is 184 Å². The fraction of sp³-hybridized carbons (Fsp3) is 0.458. The van der Waals surface area contributed by atoms with Crippen LogP contribution in [0.5, 0.6) is 5.75 Å². The summed E-state index contributed by atoms with van der Waals surface area (Å²) in [5.74, 6) is 0.771. The van der Waals surface area contributed by atoms with Crippen LogP contribution in [0.4, 0.5) is 11.5 Å². The molecule has 1 aromatic heterocycles. The van der Waals surface area contributed by atoms with E-state index in [0.29, 0.717) is 18.0 Å². The number of rotatable bonds is 6. The molecule has 0 spiro atoms. The molecule has 3 N–H and O–H groups in total. The molecule has 3 rings (SSSR count). The minimum atomic E-state index is -0.659. The lowest BCUT2D eigenvalue weighted by atomic mass is 9.87. The highest BCUT2D eigenvalue weighted by Crippen LogP contribution is 2.26. The number of nitrogens with two attached hydrogens (primary N) is 1. The molecule has 2 unspecified atom stereocenters. The first-order chi connectivity index (χ1) is 14.6. The molecule has 1 aliphatic heterocycles. The van der Waals surface area contributed by atoms with Gasteiger partial charge >= 0.3 is 0 Å². The normalized spacial score (nSPS) is 17.7. The summed E-state index contributed by atoms with van der Waals surface area (Å²) in [6, 6.07) is 11.5. The fourth-order valence-electron chi connectivity index (χ4n) is 3.60. The van der Waals surface area contributed by atoms with Gasteiger partial charge in [-0.3, -0.25) is 9.59 Å². The standard InChI is InChI=1S/C24H32N4O3/c1-16(31-20-9-5-8-18(13-20)24(2,3)4)23(30)27-19-10-11-21(26-14-19)28-12-6-7-17(15-28)22(25)29/h5,8-11,13-14,16-17H,6-7,12,15H2,1-4H3,(H2,25,29)(H,27,30). The van der Waals surface area contributed by atoms with Crippen molar-refractivity contribution in [3.8, 4) is 5.75 Å². The Balaban J connectivity index is 1.58. The maximum atomic E-state index is 12.6. The molecule has 1 fully saturated rings. The molecule has 0 aliphatic carbocycles. The largest absolute Gasteiger partial charge is 0.481 e. The molecule has 166 valence electrons. The van der Waals surface area contributed by atoms with Gasteiger partial charge in [0, 0.05) is 13.1 Å². The van der Waals surface area contributed by atoms with Crippen molar-refractivity contribution in [1.29, 1.82) is 0 Å². The van der Waals surface area contributed by atoms with Crippen LogP contribution in [0.15, 0.2) is 42.6 Å². The molecule has 1 saturated heterocycles. The van der Waals surface area contributed by atoms with E-state index in [2.05, 4.69) is 42.0 Å². The van der Waals surface area contributed by atoms with E-state index in [1.54, 1.807) is 19.2 Å².